The number of likely N-dealkylation sites (N-methyl/N-ethyl adjacent to an activating group) is 1. The number of carbonyl (C=O) groups excluding carboxylic acids is 1. The maximum absolute atomic E-state index is 13.8. The van der Waals surface area contributed by atoms with Crippen LogP contribution in [0.15, 0.2) is 30.9 Å². The van der Waals surface area contributed by atoms with E-state index >= 15 is 0 Å². The number of alkyl halides is 2. The molecule has 0 bridgehead atoms. The number of nitrogens with zero attached hydrogens (tertiary/aromatic N) is 5. The van der Waals surface area contributed by atoms with Crippen molar-refractivity contribution >= 4 is 28.9 Å². The molecule has 1 spiro atoms. The molecule has 1 fully saturated rings. The van der Waals surface area contributed by atoms with E-state index in [0.29, 0.717) is 17.3 Å². The van der Waals surface area contributed by atoms with Gasteiger partial charge in [-0.05, 0) is 31.4 Å². The predicted molar refractivity (Wildman–Crippen MR) is 104 cm³/mol. The number of hydrogen-bond acceptors (Lipinski definition) is 5. The number of anilines is 3. The SMILES string of the molecule is Cc1cc2nccn2cc1Nc1ncc2c(n1)C1(CCC(F)(F)CC1)C(=O)N2C. The van der Waals surface area contributed by atoms with Gasteiger partial charge in [0.15, 0.2) is 0 Å². The fraction of sp³-hybridized carbons (Fsp3) is 0.400. The summed E-state index contributed by atoms with van der Waals surface area (Å²) in [7, 11) is 1.65. The molecule has 9 heteroatoms. The zero-order valence-electron chi connectivity index (χ0n) is 16.1. The van der Waals surface area contributed by atoms with E-state index in [1.165, 1.54) is 4.90 Å². The minimum Gasteiger partial charge on any atom is -0.323 e. The lowest BCUT2D eigenvalue weighted by molar-refractivity contribution is -0.128. The summed E-state index contributed by atoms with van der Waals surface area (Å²) in [5.41, 5.74) is 2.74. The van der Waals surface area contributed by atoms with Crippen molar-refractivity contribution in [2.45, 2.75) is 43.9 Å². The van der Waals surface area contributed by atoms with Crippen LogP contribution in [0, 0.1) is 6.92 Å². The van der Waals surface area contributed by atoms with E-state index in [2.05, 4.69) is 20.3 Å². The Balaban J connectivity index is 1.53. The van der Waals surface area contributed by atoms with E-state index in [9.17, 15) is 13.6 Å². The Kier molecular flexibility index (Phi) is 3.68. The van der Waals surface area contributed by atoms with Gasteiger partial charge in [-0.2, -0.15) is 0 Å². The first-order valence-corrected chi connectivity index (χ1v) is 9.53. The number of carbonyl (C=O) groups is 1. The van der Waals surface area contributed by atoms with Crippen LogP contribution >= 0.6 is 0 Å². The van der Waals surface area contributed by atoms with Crippen LogP contribution in [0.1, 0.15) is 36.9 Å². The average molecular weight is 398 g/mol. The summed E-state index contributed by atoms with van der Waals surface area (Å²) in [4.78, 5) is 27.7. The first-order valence-electron chi connectivity index (χ1n) is 9.53. The van der Waals surface area contributed by atoms with Gasteiger partial charge in [0.25, 0.3) is 0 Å². The standard InChI is InChI=1S/C20H20F2N6O/c1-12-9-15-23-7-8-28(15)11-13(12)25-18-24-10-14-16(26-18)19(17(29)27(14)2)3-5-20(21,22)6-4-19/h7-11H,3-6H2,1-2H3,(H,24,25,26). The lowest BCUT2D eigenvalue weighted by Gasteiger charge is -2.35. The average Bonchev–Trinajstić information content (AvgIpc) is 3.21. The fourth-order valence-electron chi connectivity index (χ4n) is 4.37. The Labute approximate surface area is 165 Å². The maximum Gasteiger partial charge on any atom is 0.248 e. The molecule has 7 nitrogen and oxygen atoms in total. The molecule has 150 valence electrons. The predicted octanol–water partition coefficient (Wildman–Crippen LogP) is 3.60. The van der Waals surface area contributed by atoms with E-state index in [4.69, 9.17) is 0 Å². The number of amides is 1. The Morgan fingerprint density at radius 2 is 1.93 bits per heavy atom. The van der Waals surface area contributed by atoms with Crippen molar-refractivity contribution in [2.75, 3.05) is 17.3 Å². The highest BCUT2D eigenvalue weighted by atomic mass is 19.3. The number of aromatic nitrogens is 4. The van der Waals surface area contributed by atoms with Gasteiger partial charge in [0.1, 0.15) is 5.65 Å². The molecule has 0 unspecified atom stereocenters. The number of rotatable bonds is 2. The van der Waals surface area contributed by atoms with Gasteiger partial charge in [0.05, 0.1) is 28.7 Å². The minimum atomic E-state index is -2.72. The fourth-order valence-corrected chi connectivity index (χ4v) is 4.37. The maximum atomic E-state index is 13.8. The Morgan fingerprint density at radius 1 is 1.17 bits per heavy atom. The summed E-state index contributed by atoms with van der Waals surface area (Å²) >= 11 is 0. The molecule has 1 aliphatic carbocycles. The summed E-state index contributed by atoms with van der Waals surface area (Å²) in [5.74, 6) is -2.56. The van der Waals surface area contributed by atoms with Crippen LogP contribution in [0.3, 0.4) is 0 Å². The number of pyridine rings is 1. The van der Waals surface area contributed by atoms with Crippen LogP contribution in [0.5, 0.6) is 0 Å². The lowest BCUT2D eigenvalue weighted by Crippen LogP contribution is -2.44. The number of imidazole rings is 1. The zero-order chi connectivity index (χ0) is 20.4. The highest BCUT2D eigenvalue weighted by molar-refractivity contribution is 6.07. The monoisotopic (exact) mass is 398 g/mol. The molecule has 0 saturated heterocycles. The van der Waals surface area contributed by atoms with E-state index in [-0.39, 0.29) is 31.6 Å². The minimum absolute atomic E-state index is 0.0899. The van der Waals surface area contributed by atoms with Crippen molar-refractivity contribution in [1.82, 2.24) is 19.4 Å². The van der Waals surface area contributed by atoms with Crippen LogP contribution in [0.2, 0.25) is 0 Å². The molecule has 0 atom stereocenters. The molecule has 1 amide bonds. The highest BCUT2D eigenvalue weighted by Crippen LogP contribution is 2.51. The van der Waals surface area contributed by atoms with E-state index in [0.717, 1.165) is 16.9 Å². The second-order valence-electron chi connectivity index (χ2n) is 7.92. The molecule has 3 aromatic heterocycles. The van der Waals surface area contributed by atoms with Crippen LogP contribution in [-0.4, -0.2) is 38.2 Å². The van der Waals surface area contributed by atoms with E-state index in [1.807, 2.05) is 29.8 Å². The lowest BCUT2D eigenvalue weighted by atomic mass is 9.71. The van der Waals surface area contributed by atoms with Crippen molar-refractivity contribution < 1.29 is 13.6 Å². The third kappa shape index (κ3) is 2.67. The Morgan fingerprint density at radius 3 is 2.69 bits per heavy atom. The van der Waals surface area contributed by atoms with Gasteiger partial charge in [-0.1, -0.05) is 0 Å². The van der Waals surface area contributed by atoms with E-state index in [1.54, 1.807) is 19.4 Å². The number of fused-ring (bicyclic) bond motifs is 3. The summed E-state index contributed by atoms with van der Waals surface area (Å²) in [6.07, 6.45) is 6.60. The van der Waals surface area contributed by atoms with Crippen LogP contribution in [-0.2, 0) is 10.2 Å². The first kappa shape index (κ1) is 18.0. The molecule has 0 radical (unpaired) electrons. The van der Waals surface area contributed by atoms with Crippen molar-refractivity contribution in [1.29, 1.82) is 0 Å². The molecular weight excluding hydrogens is 378 g/mol. The molecule has 4 heterocycles. The Bertz CT molecular complexity index is 1130. The third-order valence-corrected chi connectivity index (χ3v) is 6.12. The Hall–Kier alpha value is -3.10. The van der Waals surface area contributed by atoms with Crippen molar-refractivity contribution in [3.8, 4) is 0 Å². The molecule has 3 aromatic rings. The largest absolute Gasteiger partial charge is 0.323 e. The van der Waals surface area contributed by atoms with E-state index < -0.39 is 11.3 Å². The third-order valence-electron chi connectivity index (χ3n) is 6.12. The molecule has 29 heavy (non-hydrogen) atoms. The number of aryl methyl sites for hydroxylation is 1. The molecule has 1 aliphatic heterocycles. The number of nitrogens with one attached hydrogen (secondary N) is 1. The normalized spacial score (nSPS) is 19.7. The first-order chi connectivity index (χ1) is 13.8. The van der Waals surface area contributed by atoms with Gasteiger partial charge in [-0.15, -0.1) is 0 Å². The van der Waals surface area contributed by atoms with Gasteiger partial charge >= 0.3 is 0 Å². The summed E-state index contributed by atoms with van der Waals surface area (Å²) in [6, 6.07) is 1.94. The van der Waals surface area contributed by atoms with Gasteiger partial charge in [0, 0.05) is 38.5 Å². The second-order valence-corrected chi connectivity index (χ2v) is 7.92. The molecule has 0 aromatic carbocycles. The molecule has 1 N–H and O–H groups in total. The second kappa shape index (κ2) is 5.95. The number of hydrogen-bond donors (Lipinski definition) is 1. The van der Waals surface area contributed by atoms with Crippen molar-refractivity contribution in [3.05, 3.63) is 42.1 Å². The topological polar surface area (TPSA) is 75.4 Å². The summed E-state index contributed by atoms with van der Waals surface area (Å²) in [6.45, 7) is 1.95. The zero-order valence-corrected chi connectivity index (χ0v) is 16.1. The van der Waals surface area contributed by atoms with Gasteiger partial charge in [0.2, 0.25) is 17.8 Å². The van der Waals surface area contributed by atoms with Crippen LogP contribution in [0.4, 0.5) is 26.1 Å². The molecule has 2 aliphatic rings. The summed E-state index contributed by atoms with van der Waals surface area (Å²) < 4.78 is 29.4. The summed E-state index contributed by atoms with van der Waals surface area (Å²) in [5, 5.41) is 3.20. The van der Waals surface area contributed by atoms with Gasteiger partial charge < -0.3 is 14.6 Å². The highest BCUT2D eigenvalue weighted by Gasteiger charge is 2.56. The number of halogens is 2. The molecule has 5 rings (SSSR count). The quantitative estimate of drug-likeness (QED) is 0.714. The van der Waals surface area contributed by atoms with Crippen LogP contribution < -0.4 is 10.2 Å². The smallest absolute Gasteiger partial charge is 0.248 e. The molecule has 1 saturated carbocycles. The van der Waals surface area contributed by atoms with Crippen LogP contribution in [0.25, 0.3) is 5.65 Å². The molecular formula is C20H20F2N6O. The van der Waals surface area contributed by atoms with Crippen molar-refractivity contribution in [3.63, 3.8) is 0 Å². The van der Waals surface area contributed by atoms with Gasteiger partial charge in [-0.3, -0.25) is 4.79 Å². The van der Waals surface area contributed by atoms with Gasteiger partial charge in [-0.25, -0.2) is 23.7 Å². The van der Waals surface area contributed by atoms with Crippen molar-refractivity contribution in [2.24, 2.45) is 0 Å².